The van der Waals surface area contributed by atoms with Gasteiger partial charge in [-0.2, -0.15) is 0 Å². The molecule has 0 heterocycles. The summed E-state index contributed by atoms with van der Waals surface area (Å²) >= 11 is 0. The summed E-state index contributed by atoms with van der Waals surface area (Å²) in [6.45, 7) is 0.345. The normalized spacial score (nSPS) is 10.5. The van der Waals surface area contributed by atoms with Gasteiger partial charge in [0.2, 0.25) is 0 Å². The van der Waals surface area contributed by atoms with Gasteiger partial charge in [-0.05, 0) is 53.1 Å². The highest BCUT2D eigenvalue weighted by atomic mass is 16.4. The molecular weight excluding hydrogens is 352 g/mol. The molecule has 0 fully saturated rings. The average molecular weight is 374 g/mol. The fourth-order valence-electron chi connectivity index (χ4n) is 3.13. The topological polar surface area (TPSA) is 83.6 Å². The lowest BCUT2D eigenvalue weighted by Gasteiger charge is -2.13. The molecular formula is C23H22N2O3. The summed E-state index contributed by atoms with van der Waals surface area (Å²) in [6, 6.07) is 19.5. The summed E-state index contributed by atoms with van der Waals surface area (Å²) in [5.74, 6) is -1.46. The van der Waals surface area contributed by atoms with Gasteiger partial charge in [0, 0.05) is 37.5 Å². The van der Waals surface area contributed by atoms with Gasteiger partial charge in [-0.15, -0.1) is 0 Å². The molecule has 0 unspecified atom stereocenters. The Kier molecular flexibility index (Phi) is 5.57. The number of carbonyl (C=O) groups is 2. The van der Waals surface area contributed by atoms with Gasteiger partial charge in [0.05, 0.1) is 5.56 Å². The molecule has 3 aromatic rings. The standard InChI is InChI=1S/C23H22N2O3/c1-25(2)18-10-7-15(8-11-18)22(26)20-12-9-16(13-21(20)23(27)28)19-6-4-3-5-17(19)14-24/h3-13H,14,24H2,1-2H3,(H,27,28). The quantitative estimate of drug-likeness (QED) is 0.641. The van der Waals surface area contributed by atoms with Gasteiger partial charge in [0.25, 0.3) is 0 Å². The van der Waals surface area contributed by atoms with E-state index in [1.165, 1.54) is 6.07 Å². The monoisotopic (exact) mass is 374 g/mol. The minimum Gasteiger partial charge on any atom is -0.478 e. The van der Waals surface area contributed by atoms with E-state index in [2.05, 4.69) is 0 Å². The van der Waals surface area contributed by atoms with Crippen LogP contribution in [0.25, 0.3) is 11.1 Å². The molecule has 0 aliphatic rings. The van der Waals surface area contributed by atoms with E-state index >= 15 is 0 Å². The predicted molar refractivity (Wildman–Crippen MR) is 111 cm³/mol. The lowest BCUT2D eigenvalue weighted by atomic mass is 9.92. The van der Waals surface area contributed by atoms with Crippen molar-refractivity contribution in [3.8, 4) is 11.1 Å². The molecule has 0 aliphatic carbocycles. The largest absolute Gasteiger partial charge is 0.478 e. The van der Waals surface area contributed by atoms with Gasteiger partial charge < -0.3 is 15.7 Å². The van der Waals surface area contributed by atoms with Crippen molar-refractivity contribution in [3.63, 3.8) is 0 Å². The van der Waals surface area contributed by atoms with Crippen LogP contribution < -0.4 is 10.6 Å². The second kappa shape index (κ2) is 8.06. The maximum atomic E-state index is 12.9. The van der Waals surface area contributed by atoms with Crippen molar-refractivity contribution in [3.05, 3.63) is 89.0 Å². The van der Waals surface area contributed by atoms with Crippen molar-refractivity contribution in [1.82, 2.24) is 0 Å². The van der Waals surface area contributed by atoms with Gasteiger partial charge in [-0.3, -0.25) is 4.79 Å². The Hall–Kier alpha value is -3.44. The summed E-state index contributed by atoms with van der Waals surface area (Å²) in [6.07, 6.45) is 0. The Morgan fingerprint density at radius 3 is 2.21 bits per heavy atom. The van der Waals surface area contributed by atoms with Crippen LogP contribution in [-0.2, 0) is 6.54 Å². The molecule has 0 aromatic heterocycles. The zero-order chi connectivity index (χ0) is 20.3. The number of aromatic carboxylic acids is 1. The molecule has 3 rings (SSSR count). The molecule has 0 saturated carbocycles. The third-order valence-electron chi connectivity index (χ3n) is 4.69. The number of carboxylic acid groups (broad SMARTS) is 1. The van der Waals surface area contributed by atoms with Crippen LogP contribution in [0.1, 0.15) is 31.8 Å². The van der Waals surface area contributed by atoms with Crippen molar-refractivity contribution in [2.75, 3.05) is 19.0 Å². The van der Waals surface area contributed by atoms with Crippen molar-refractivity contribution in [2.24, 2.45) is 5.73 Å². The van der Waals surface area contributed by atoms with E-state index in [0.29, 0.717) is 12.1 Å². The molecule has 0 aliphatic heterocycles. The van der Waals surface area contributed by atoms with E-state index in [0.717, 1.165) is 22.4 Å². The zero-order valence-corrected chi connectivity index (χ0v) is 15.8. The summed E-state index contributed by atoms with van der Waals surface area (Å²) in [7, 11) is 3.83. The number of nitrogens with zero attached hydrogens (tertiary/aromatic N) is 1. The van der Waals surface area contributed by atoms with Gasteiger partial charge in [-0.25, -0.2) is 4.79 Å². The predicted octanol–water partition coefficient (Wildman–Crippen LogP) is 3.81. The SMILES string of the molecule is CN(C)c1ccc(C(=O)c2ccc(-c3ccccc3CN)cc2C(=O)O)cc1. The molecule has 5 heteroatoms. The summed E-state index contributed by atoms with van der Waals surface area (Å²) in [5, 5.41) is 9.69. The fourth-order valence-corrected chi connectivity index (χ4v) is 3.13. The molecule has 0 saturated heterocycles. The first kappa shape index (κ1) is 19.3. The van der Waals surface area contributed by atoms with E-state index in [1.54, 1.807) is 24.3 Å². The second-order valence-electron chi connectivity index (χ2n) is 6.70. The smallest absolute Gasteiger partial charge is 0.336 e. The van der Waals surface area contributed by atoms with E-state index in [-0.39, 0.29) is 16.9 Å². The van der Waals surface area contributed by atoms with Crippen LogP contribution in [0.2, 0.25) is 0 Å². The van der Waals surface area contributed by atoms with Crippen LogP contribution in [0, 0.1) is 0 Å². The van der Waals surface area contributed by atoms with Crippen LogP contribution in [0.15, 0.2) is 66.7 Å². The Morgan fingerprint density at radius 2 is 1.61 bits per heavy atom. The fraction of sp³-hybridized carbons (Fsp3) is 0.130. The lowest BCUT2D eigenvalue weighted by Crippen LogP contribution is -2.11. The Balaban J connectivity index is 2.04. The molecule has 0 spiro atoms. The molecule has 3 aromatic carbocycles. The number of ketones is 1. The highest BCUT2D eigenvalue weighted by molar-refractivity contribution is 6.14. The number of anilines is 1. The van der Waals surface area contributed by atoms with Crippen molar-refractivity contribution < 1.29 is 14.7 Å². The van der Waals surface area contributed by atoms with Gasteiger partial charge >= 0.3 is 5.97 Å². The second-order valence-corrected chi connectivity index (χ2v) is 6.70. The Morgan fingerprint density at radius 1 is 0.929 bits per heavy atom. The number of hydrogen-bond donors (Lipinski definition) is 2. The Labute approximate surface area is 164 Å². The van der Waals surface area contributed by atoms with Crippen molar-refractivity contribution in [2.45, 2.75) is 6.54 Å². The van der Waals surface area contributed by atoms with Crippen LogP contribution in [0.5, 0.6) is 0 Å². The summed E-state index contributed by atoms with van der Waals surface area (Å²) < 4.78 is 0. The van der Waals surface area contributed by atoms with Gasteiger partial charge in [0.15, 0.2) is 5.78 Å². The first-order valence-electron chi connectivity index (χ1n) is 8.90. The third kappa shape index (κ3) is 3.80. The highest BCUT2D eigenvalue weighted by Crippen LogP contribution is 2.27. The first-order chi connectivity index (χ1) is 13.4. The molecule has 28 heavy (non-hydrogen) atoms. The molecule has 0 amide bonds. The maximum absolute atomic E-state index is 12.9. The summed E-state index contributed by atoms with van der Waals surface area (Å²) in [5.41, 5.74) is 9.85. The first-order valence-corrected chi connectivity index (χ1v) is 8.90. The number of nitrogens with two attached hydrogens (primary N) is 1. The summed E-state index contributed by atoms with van der Waals surface area (Å²) in [4.78, 5) is 26.7. The van der Waals surface area contributed by atoms with Crippen molar-refractivity contribution >= 4 is 17.4 Å². The van der Waals surface area contributed by atoms with Crippen molar-refractivity contribution in [1.29, 1.82) is 0 Å². The zero-order valence-electron chi connectivity index (χ0n) is 15.8. The molecule has 0 bridgehead atoms. The number of hydrogen-bond acceptors (Lipinski definition) is 4. The van der Waals surface area contributed by atoms with E-state index in [4.69, 9.17) is 5.73 Å². The Bertz CT molecular complexity index is 1020. The van der Waals surface area contributed by atoms with E-state index in [9.17, 15) is 14.7 Å². The maximum Gasteiger partial charge on any atom is 0.336 e. The average Bonchev–Trinajstić information content (AvgIpc) is 2.72. The molecule has 5 nitrogen and oxygen atoms in total. The van der Waals surface area contributed by atoms with Gasteiger partial charge in [-0.1, -0.05) is 30.3 Å². The number of rotatable bonds is 6. The molecule has 0 atom stereocenters. The highest BCUT2D eigenvalue weighted by Gasteiger charge is 2.19. The molecule has 142 valence electrons. The number of carbonyl (C=O) groups excluding carboxylic acids is 1. The minimum atomic E-state index is -1.14. The number of benzene rings is 3. The van der Waals surface area contributed by atoms with E-state index < -0.39 is 5.97 Å². The van der Waals surface area contributed by atoms with Crippen LogP contribution in [0.4, 0.5) is 5.69 Å². The number of carboxylic acids is 1. The molecule has 0 radical (unpaired) electrons. The van der Waals surface area contributed by atoms with Crippen LogP contribution in [0.3, 0.4) is 0 Å². The van der Waals surface area contributed by atoms with Crippen LogP contribution in [-0.4, -0.2) is 31.0 Å². The molecule has 3 N–H and O–H groups in total. The minimum absolute atomic E-state index is 0.0222. The van der Waals surface area contributed by atoms with Gasteiger partial charge in [0.1, 0.15) is 0 Å². The van der Waals surface area contributed by atoms with Crippen LogP contribution >= 0.6 is 0 Å². The third-order valence-corrected chi connectivity index (χ3v) is 4.69. The lowest BCUT2D eigenvalue weighted by molar-refractivity contribution is 0.0693. The van der Waals surface area contributed by atoms with E-state index in [1.807, 2.05) is 55.4 Å².